The van der Waals surface area contributed by atoms with E-state index in [1.54, 1.807) is 0 Å². The molecule has 136 valence electrons. The van der Waals surface area contributed by atoms with Crippen LogP contribution < -0.4 is 34.7 Å². The van der Waals surface area contributed by atoms with Gasteiger partial charge < -0.3 is 19.4 Å². The van der Waals surface area contributed by atoms with Crippen molar-refractivity contribution < 1.29 is 48.9 Å². The molecule has 1 rings (SSSR count). The van der Waals surface area contributed by atoms with E-state index in [0.29, 0.717) is 13.0 Å². The van der Waals surface area contributed by atoms with E-state index in [9.17, 15) is 9.90 Å². The minimum Gasteiger partial charge on any atom is -0.550 e. The van der Waals surface area contributed by atoms with Crippen LogP contribution in [0.4, 0.5) is 0 Å². The Morgan fingerprint density at radius 3 is 2.12 bits per heavy atom. The summed E-state index contributed by atoms with van der Waals surface area (Å²) in [5, 5.41) is 10.5. The summed E-state index contributed by atoms with van der Waals surface area (Å²) in [7, 11) is 0. The number of carboxylic acids is 1. The van der Waals surface area contributed by atoms with Crippen LogP contribution >= 0.6 is 0 Å². The van der Waals surface area contributed by atoms with Gasteiger partial charge in [-0.15, -0.1) is 0 Å². The summed E-state index contributed by atoms with van der Waals surface area (Å²) in [6.07, 6.45) is 14.8. The first-order valence-electron chi connectivity index (χ1n) is 9.57. The molecule has 2 unspecified atom stereocenters. The molecule has 0 radical (unpaired) electrons. The van der Waals surface area contributed by atoms with Crippen molar-refractivity contribution in [3.05, 3.63) is 0 Å². The third-order valence-electron chi connectivity index (χ3n) is 4.65. The molecule has 0 aromatic heterocycles. The molecule has 0 bridgehead atoms. The predicted molar refractivity (Wildman–Crippen MR) is 89.9 cm³/mol. The summed E-state index contributed by atoms with van der Waals surface area (Å²) in [5.41, 5.74) is 0. The van der Waals surface area contributed by atoms with Crippen LogP contribution in [-0.4, -0.2) is 24.5 Å². The van der Waals surface area contributed by atoms with E-state index >= 15 is 0 Å². The summed E-state index contributed by atoms with van der Waals surface area (Å²) in [5.74, 6) is -1.78. The zero-order valence-electron chi connectivity index (χ0n) is 16.1. The van der Waals surface area contributed by atoms with Gasteiger partial charge in [-0.25, -0.2) is 0 Å². The first-order chi connectivity index (χ1) is 11.1. The monoisotopic (exact) mass is 350 g/mol. The largest absolute Gasteiger partial charge is 1.00 e. The Balaban J connectivity index is 0.00000529. The van der Waals surface area contributed by atoms with Gasteiger partial charge in [0.25, 0.3) is 0 Å². The van der Waals surface area contributed by atoms with E-state index in [0.717, 1.165) is 6.42 Å². The second-order valence-electron chi connectivity index (χ2n) is 7.03. The summed E-state index contributed by atoms with van der Waals surface area (Å²) in [6, 6.07) is 0. The number of aliphatic carboxylic acids is 1. The number of hydrogen-bond donors (Lipinski definition) is 0. The Kier molecular flexibility index (Phi) is 14.8. The van der Waals surface area contributed by atoms with Gasteiger partial charge in [-0.3, -0.25) is 0 Å². The van der Waals surface area contributed by atoms with Gasteiger partial charge in [0.05, 0.1) is 12.7 Å². The number of carbonyl (C=O) groups is 1. The molecule has 0 spiro atoms. The molecule has 0 N–H and O–H groups in total. The van der Waals surface area contributed by atoms with Crippen molar-refractivity contribution in [1.29, 1.82) is 0 Å². The normalized spacial score (nSPS) is 23.2. The molecule has 0 amide bonds. The minimum absolute atomic E-state index is 0. The maximum absolute atomic E-state index is 10.5. The Bertz CT molecular complexity index is 324. The number of carbonyl (C=O) groups excluding carboxylic acids is 1. The van der Waals surface area contributed by atoms with Crippen LogP contribution in [0.5, 0.6) is 0 Å². The van der Waals surface area contributed by atoms with Crippen LogP contribution in [0.2, 0.25) is 0 Å². The van der Waals surface area contributed by atoms with Crippen molar-refractivity contribution in [2.24, 2.45) is 0 Å². The van der Waals surface area contributed by atoms with E-state index in [2.05, 4.69) is 6.92 Å². The van der Waals surface area contributed by atoms with Crippen molar-refractivity contribution >= 4 is 5.97 Å². The van der Waals surface area contributed by atoms with Crippen LogP contribution in [0, 0.1) is 0 Å². The number of carboxylic acid groups (broad SMARTS) is 1. The van der Waals surface area contributed by atoms with Gasteiger partial charge in [-0.2, -0.15) is 0 Å². The molecule has 0 aromatic carbocycles. The molecule has 1 aliphatic rings. The molecule has 0 aliphatic carbocycles. The van der Waals surface area contributed by atoms with Crippen LogP contribution in [0.1, 0.15) is 97.3 Å². The predicted octanol–water partition coefficient (Wildman–Crippen LogP) is 0.963. The van der Waals surface area contributed by atoms with Gasteiger partial charge in [-0.05, 0) is 19.8 Å². The van der Waals surface area contributed by atoms with E-state index in [1.807, 2.05) is 6.92 Å². The molecule has 0 saturated carbocycles. The second-order valence-corrected chi connectivity index (χ2v) is 7.03. The van der Waals surface area contributed by atoms with Gasteiger partial charge in [0.1, 0.15) is 0 Å². The first kappa shape index (κ1) is 24.4. The van der Waals surface area contributed by atoms with Crippen molar-refractivity contribution in [2.45, 2.75) is 109 Å². The molecule has 24 heavy (non-hydrogen) atoms. The molecule has 1 heterocycles. The molecule has 1 aliphatic heterocycles. The quantitative estimate of drug-likeness (QED) is 0.346. The van der Waals surface area contributed by atoms with Gasteiger partial charge in [0.15, 0.2) is 5.79 Å². The third kappa shape index (κ3) is 11.9. The fraction of sp³-hybridized carbons (Fsp3) is 0.947. The van der Waals surface area contributed by atoms with Crippen LogP contribution in [0.15, 0.2) is 0 Å². The zero-order valence-corrected chi connectivity index (χ0v) is 18.1. The van der Waals surface area contributed by atoms with Crippen LogP contribution in [-0.2, 0) is 14.3 Å². The number of hydrogen-bond acceptors (Lipinski definition) is 4. The number of ether oxygens (including phenoxy) is 2. The molecule has 0 aromatic rings. The van der Waals surface area contributed by atoms with Gasteiger partial charge in [0.2, 0.25) is 0 Å². The Hall–Kier alpha value is 0.390. The van der Waals surface area contributed by atoms with Crippen molar-refractivity contribution in [1.82, 2.24) is 0 Å². The topological polar surface area (TPSA) is 58.6 Å². The van der Waals surface area contributed by atoms with Crippen LogP contribution in [0.25, 0.3) is 0 Å². The second kappa shape index (κ2) is 14.5. The molecule has 1 fully saturated rings. The maximum Gasteiger partial charge on any atom is 1.00 e. The average molecular weight is 350 g/mol. The van der Waals surface area contributed by atoms with Crippen molar-refractivity contribution in [3.8, 4) is 0 Å². The Morgan fingerprint density at radius 1 is 1.04 bits per heavy atom. The summed E-state index contributed by atoms with van der Waals surface area (Å²) in [4.78, 5) is 10.5. The maximum atomic E-state index is 10.5. The van der Waals surface area contributed by atoms with Crippen LogP contribution in [0.3, 0.4) is 0 Å². The fourth-order valence-electron chi connectivity index (χ4n) is 3.15. The smallest absolute Gasteiger partial charge is 0.550 e. The third-order valence-corrected chi connectivity index (χ3v) is 4.65. The van der Waals surface area contributed by atoms with E-state index < -0.39 is 11.8 Å². The van der Waals surface area contributed by atoms with Crippen molar-refractivity contribution in [2.75, 3.05) is 6.61 Å². The first-order valence-corrected chi connectivity index (χ1v) is 9.57. The average Bonchev–Trinajstić information content (AvgIpc) is 2.89. The van der Waals surface area contributed by atoms with E-state index in [4.69, 9.17) is 9.47 Å². The van der Waals surface area contributed by atoms with Gasteiger partial charge in [0, 0.05) is 12.4 Å². The molecular formula is C19H35NaO4. The number of unbranched alkanes of at least 4 members (excludes halogenated alkanes) is 9. The summed E-state index contributed by atoms with van der Waals surface area (Å²) >= 11 is 0. The fourth-order valence-corrected chi connectivity index (χ4v) is 3.15. The minimum atomic E-state index is -1.04. The van der Waals surface area contributed by atoms with E-state index in [-0.39, 0.29) is 42.1 Å². The summed E-state index contributed by atoms with van der Waals surface area (Å²) in [6.45, 7) is 4.67. The van der Waals surface area contributed by atoms with Gasteiger partial charge >= 0.3 is 29.6 Å². The van der Waals surface area contributed by atoms with E-state index in [1.165, 1.54) is 64.2 Å². The molecule has 1 saturated heterocycles. The Morgan fingerprint density at radius 2 is 1.58 bits per heavy atom. The Labute approximate surface area is 170 Å². The molecule has 2 atom stereocenters. The van der Waals surface area contributed by atoms with Crippen molar-refractivity contribution in [3.63, 3.8) is 0 Å². The molecule has 4 nitrogen and oxygen atoms in total. The van der Waals surface area contributed by atoms with Gasteiger partial charge in [-0.1, -0.05) is 71.1 Å². The SMILES string of the molecule is CCCCCCCCCCCCC1COC(C)(CCC(=O)[O-])O1.[Na+]. The molecular weight excluding hydrogens is 315 g/mol. The standard InChI is InChI=1S/C19H36O4.Na/c1-3-4-5-6-7-8-9-10-11-12-13-17-16-22-19(2,23-17)15-14-18(20)21;/h17H,3-16H2,1-2H3,(H,20,21);/q;+1/p-1. The zero-order chi connectivity index (χ0) is 17.0. The summed E-state index contributed by atoms with van der Waals surface area (Å²) < 4.78 is 11.5. The number of rotatable bonds is 14. The molecule has 5 heteroatoms.